The summed E-state index contributed by atoms with van der Waals surface area (Å²) in [5, 5.41) is 3.41. The van der Waals surface area contributed by atoms with Gasteiger partial charge in [0.15, 0.2) is 5.96 Å². The first kappa shape index (κ1) is 22.7. The SMILES string of the molecule is CCNC(=NCc1ccc(OC)c(Br)c1)N1CCOC(C2CCCO2)C1.I. The number of hydrogen-bond donors (Lipinski definition) is 1. The second-order valence-corrected chi connectivity index (χ2v) is 7.40. The van der Waals surface area contributed by atoms with Crippen LogP contribution in [-0.4, -0.2) is 63.0 Å². The highest BCUT2D eigenvalue weighted by Crippen LogP contribution is 2.26. The van der Waals surface area contributed by atoms with Crippen molar-refractivity contribution in [1.82, 2.24) is 10.2 Å². The third kappa shape index (κ3) is 6.20. The molecular formula is C19H29BrIN3O3. The summed E-state index contributed by atoms with van der Waals surface area (Å²) in [6, 6.07) is 6.07. The molecule has 0 amide bonds. The van der Waals surface area contributed by atoms with Crippen LogP contribution in [0.3, 0.4) is 0 Å². The monoisotopic (exact) mass is 553 g/mol. The van der Waals surface area contributed by atoms with Gasteiger partial charge in [0.05, 0.1) is 30.8 Å². The number of nitrogens with zero attached hydrogens (tertiary/aromatic N) is 2. The van der Waals surface area contributed by atoms with Crippen LogP contribution >= 0.6 is 39.9 Å². The molecule has 0 saturated carbocycles. The fraction of sp³-hybridized carbons (Fsp3) is 0.632. The molecule has 3 rings (SSSR count). The van der Waals surface area contributed by atoms with Crippen molar-refractivity contribution in [2.75, 3.05) is 40.0 Å². The van der Waals surface area contributed by atoms with Gasteiger partial charge in [-0.2, -0.15) is 0 Å². The van der Waals surface area contributed by atoms with Gasteiger partial charge < -0.3 is 24.4 Å². The van der Waals surface area contributed by atoms with Crippen LogP contribution in [0.4, 0.5) is 0 Å². The Morgan fingerprint density at radius 3 is 2.81 bits per heavy atom. The van der Waals surface area contributed by atoms with Crippen molar-refractivity contribution in [1.29, 1.82) is 0 Å². The van der Waals surface area contributed by atoms with Crippen molar-refractivity contribution in [3.63, 3.8) is 0 Å². The van der Waals surface area contributed by atoms with Gasteiger partial charge in [0.1, 0.15) is 11.9 Å². The van der Waals surface area contributed by atoms with E-state index >= 15 is 0 Å². The molecule has 2 saturated heterocycles. The highest BCUT2D eigenvalue weighted by molar-refractivity contribution is 14.0. The Kier molecular flexibility index (Phi) is 9.61. The molecule has 152 valence electrons. The minimum Gasteiger partial charge on any atom is -0.496 e. The maximum Gasteiger partial charge on any atom is 0.194 e. The molecule has 1 N–H and O–H groups in total. The van der Waals surface area contributed by atoms with Crippen molar-refractivity contribution in [2.45, 2.75) is 38.5 Å². The predicted octanol–water partition coefficient (Wildman–Crippen LogP) is 3.42. The van der Waals surface area contributed by atoms with Crippen LogP contribution in [0.1, 0.15) is 25.3 Å². The summed E-state index contributed by atoms with van der Waals surface area (Å²) in [4.78, 5) is 7.13. The smallest absolute Gasteiger partial charge is 0.194 e. The van der Waals surface area contributed by atoms with Crippen LogP contribution in [0, 0.1) is 0 Å². The number of rotatable bonds is 5. The zero-order valence-corrected chi connectivity index (χ0v) is 19.9. The zero-order valence-electron chi connectivity index (χ0n) is 15.9. The van der Waals surface area contributed by atoms with E-state index < -0.39 is 0 Å². The van der Waals surface area contributed by atoms with Crippen molar-refractivity contribution in [2.24, 2.45) is 4.99 Å². The van der Waals surface area contributed by atoms with E-state index in [2.05, 4.69) is 39.1 Å². The number of halogens is 2. The number of hydrogen-bond acceptors (Lipinski definition) is 4. The highest BCUT2D eigenvalue weighted by Gasteiger charge is 2.32. The molecule has 0 bridgehead atoms. The second kappa shape index (κ2) is 11.4. The second-order valence-electron chi connectivity index (χ2n) is 6.55. The molecule has 0 aromatic heterocycles. The Morgan fingerprint density at radius 1 is 1.33 bits per heavy atom. The van der Waals surface area contributed by atoms with Crippen molar-refractivity contribution < 1.29 is 14.2 Å². The van der Waals surface area contributed by atoms with Gasteiger partial charge in [0.2, 0.25) is 0 Å². The van der Waals surface area contributed by atoms with Crippen LogP contribution in [-0.2, 0) is 16.0 Å². The summed E-state index contributed by atoms with van der Waals surface area (Å²) >= 11 is 3.54. The average Bonchev–Trinajstić information content (AvgIpc) is 3.20. The minimum atomic E-state index is 0. The van der Waals surface area contributed by atoms with E-state index in [1.54, 1.807) is 7.11 Å². The van der Waals surface area contributed by atoms with E-state index in [1.165, 1.54) is 0 Å². The number of guanidine groups is 1. The molecule has 2 heterocycles. The van der Waals surface area contributed by atoms with Gasteiger partial charge in [0.25, 0.3) is 0 Å². The van der Waals surface area contributed by atoms with Crippen LogP contribution < -0.4 is 10.1 Å². The molecule has 1 aromatic rings. The zero-order chi connectivity index (χ0) is 18.4. The molecule has 1 aromatic carbocycles. The Labute approximate surface area is 187 Å². The van der Waals surface area contributed by atoms with Crippen molar-refractivity contribution >= 4 is 45.9 Å². The Hall–Kier alpha value is -0.580. The van der Waals surface area contributed by atoms with Gasteiger partial charge in [-0.15, -0.1) is 24.0 Å². The van der Waals surface area contributed by atoms with Gasteiger partial charge in [-0.1, -0.05) is 6.07 Å². The lowest BCUT2D eigenvalue weighted by Crippen LogP contribution is -2.53. The fourth-order valence-electron chi connectivity index (χ4n) is 3.39. The number of ether oxygens (including phenoxy) is 3. The Morgan fingerprint density at radius 2 is 2.15 bits per heavy atom. The van der Waals surface area contributed by atoms with Gasteiger partial charge in [0, 0.05) is 26.2 Å². The summed E-state index contributed by atoms with van der Waals surface area (Å²) in [7, 11) is 1.67. The molecule has 2 atom stereocenters. The molecule has 27 heavy (non-hydrogen) atoms. The predicted molar refractivity (Wildman–Crippen MR) is 121 cm³/mol. The van der Waals surface area contributed by atoms with Gasteiger partial charge >= 0.3 is 0 Å². The number of aliphatic imine (C=N–C) groups is 1. The van der Waals surface area contributed by atoms with E-state index in [9.17, 15) is 0 Å². The molecular weight excluding hydrogens is 525 g/mol. The maximum absolute atomic E-state index is 5.95. The van der Waals surface area contributed by atoms with E-state index in [0.717, 1.165) is 60.8 Å². The summed E-state index contributed by atoms with van der Waals surface area (Å²) in [6.07, 6.45) is 2.57. The van der Waals surface area contributed by atoms with Gasteiger partial charge in [-0.3, -0.25) is 0 Å². The minimum absolute atomic E-state index is 0. The van der Waals surface area contributed by atoms with E-state index in [1.807, 2.05) is 12.1 Å². The summed E-state index contributed by atoms with van der Waals surface area (Å²) in [5.74, 6) is 1.77. The largest absolute Gasteiger partial charge is 0.496 e. The molecule has 0 radical (unpaired) electrons. The van der Waals surface area contributed by atoms with Crippen LogP contribution in [0.5, 0.6) is 5.75 Å². The van der Waals surface area contributed by atoms with Gasteiger partial charge in [-0.25, -0.2) is 4.99 Å². The quantitative estimate of drug-likeness (QED) is 0.344. The van der Waals surface area contributed by atoms with E-state index in [-0.39, 0.29) is 36.2 Å². The first-order valence-electron chi connectivity index (χ1n) is 9.30. The molecule has 8 heteroatoms. The first-order chi connectivity index (χ1) is 12.7. The molecule has 6 nitrogen and oxygen atoms in total. The molecule has 2 fully saturated rings. The summed E-state index contributed by atoms with van der Waals surface area (Å²) in [5.41, 5.74) is 1.14. The Balaban J connectivity index is 0.00000261. The lowest BCUT2D eigenvalue weighted by molar-refractivity contribution is -0.0817. The lowest BCUT2D eigenvalue weighted by atomic mass is 10.1. The topological polar surface area (TPSA) is 55.3 Å². The van der Waals surface area contributed by atoms with Crippen LogP contribution in [0.2, 0.25) is 0 Å². The van der Waals surface area contributed by atoms with E-state index in [4.69, 9.17) is 19.2 Å². The molecule has 2 unspecified atom stereocenters. The molecule has 2 aliphatic heterocycles. The van der Waals surface area contributed by atoms with Crippen molar-refractivity contribution in [3.8, 4) is 5.75 Å². The third-order valence-corrected chi connectivity index (χ3v) is 5.35. The number of nitrogens with one attached hydrogen (secondary N) is 1. The lowest BCUT2D eigenvalue weighted by Gasteiger charge is -2.37. The van der Waals surface area contributed by atoms with Gasteiger partial charge in [-0.05, 0) is 53.4 Å². The number of methoxy groups -OCH3 is 1. The molecule has 0 aliphatic carbocycles. The average molecular weight is 554 g/mol. The number of benzene rings is 1. The van der Waals surface area contributed by atoms with Crippen molar-refractivity contribution in [3.05, 3.63) is 28.2 Å². The normalized spacial score (nSPS) is 23.1. The van der Waals surface area contributed by atoms with Crippen LogP contribution in [0.15, 0.2) is 27.7 Å². The standard InChI is InChI=1S/C19H28BrN3O3.HI/c1-3-21-19(22-12-14-6-7-16(24-2)15(20)11-14)23-8-10-26-18(13-23)17-5-4-9-25-17;/h6-7,11,17-18H,3-5,8-10,12-13H2,1-2H3,(H,21,22);1H. The van der Waals surface area contributed by atoms with Crippen LogP contribution in [0.25, 0.3) is 0 Å². The summed E-state index contributed by atoms with van der Waals surface area (Å²) in [6.45, 7) is 6.79. The maximum atomic E-state index is 5.95. The Bertz CT molecular complexity index is 626. The highest BCUT2D eigenvalue weighted by atomic mass is 127. The summed E-state index contributed by atoms with van der Waals surface area (Å²) < 4.78 is 18.0. The number of morpholine rings is 1. The first-order valence-corrected chi connectivity index (χ1v) is 10.1. The van der Waals surface area contributed by atoms with E-state index in [0.29, 0.717) is 13.2 Å². The molecule has 0 spiro atoms. The molecule has 2 aliphatic rings. The third-order valence-electron chi connectivity index (χ3n) is 4.74. The fourth-order valence-corrected chi connectivity index (χ4v) is 3.98.